The van der Waals surface area contributed by atoms with Crippen molar-refractivity contribution in [3.05, 3.63) is 95.3 Å². The Morgan fingerprint density at radius 2 is 1.69 bits per heavy atom. The number of morpholine rings is 1. The van der Waals surface area contributed by atoms with E-state index in [-0.39, 0.29) is 17.8 Å². The summed E-state index contributed by atoms with van der Waals surface area (Å²) in [5.74, 6) is -0.411. The van der Waals surface area contributed by atoms with Crippen LogP contribution in [0.15, 0.2) is 72.8 Å². The summed E-state index contributed by atoms with van der Waals surface area (Å²) in [6.07, 6.45) is -0.299. The lowest BCUT2D eigenvalue weighted by Gasteiger charge is -2.33. The minimum absolute atomic E-state index is 0.108. The minimum atomic E-state index is -0.303. The van der Waals surface area contributed by atoms with Crippen LogP contribution in [0.2, 0.25) is 0 Å². The molecule has 1 unspecified atom stereocenters. The van der Waals surface area contributed by atoms with Crippen molar-refractivity contribution in [2.75, 3.05) is 19.7 Å². The molecule has 1 heterocycles. The summed E-state index contributed by atoms with van der Waals surface area (Å²) in [5, 5.41) is 9.45. The van der Waals surface area contributed by atoms with Gasteiger partial charge in [-0.05, 0) is 35.4 Å². The second-order valence-corrected chi connectivity index (χ2v) is 6.87. The van der Waals surface area contributed by atoms with E-state index in [4.69, 9.17) is 4.74 Å². The summed E-state index contributed by atoms with van der Waals surface area (Å²) >= 11 is 0. The topological polar surface area (TPSA) is 53.3 Å². The van der Waals surface area contributed by atoms with Gasteiger partial charge in [-0.2, -0.15) is 5.26 Å². The van der Waals surface area contributed by atoms with Crippen LogP contribution in [0, 0.1) is 17.1 Å². The van der Waals surface area contributed by atoms with Crippen LogP contribution in [0.4, 0.5) is 4.39 Å². The molecule has 3 aromatic rings. The van der Waals surface area contributed by atoms with Crippen molar-refractivity contribution in [3.63, 3.8) is 0 Å². The molecular formula is C24H19FN2O2. The Labute approximate surface area is 168 Å². The van der Waals surface area contributed by atoms with Gasteiger partial charge in [-0.15, -0.1) is 0 Å². The zero-order valence-electron chi connectivity index (χ0n) is 15.7. The molecule has 5 heteroatoms. The Kier molecular flexibility index (Phi) is 5.37. The van der Waals surface area contributed by atoms with Gasteiger partial charge in [0.25, 0.3) is 5.91 Å². The molecule has 0 aromatic heterocycles. The van der Waals surface area contributed by atoms with E-state index in [0.29, 0.717) is 30.8 Å². The maximum absolute atomic E-state index is 13.4. The smallest absolute Gasteiger partial charge is 0.254 e. The van der Waals surface area contributed by atoms with Crippen molar-refractivity contribution in [3.8, 4) is 17.2 Å². The maximum atomic E-state index is 13.4. The van der Waals surface area contributed by atoms with E-state index in [1.807, 2.05) is 36.4 Å². The Morgan fingerprint density at radius 1 is 1.00 bits per heavy atom. The first-order chi connectivity index (χ1) is 14.2. The Hall–Kier alpha value is -3.49. The third kappa shape index (κ3) is 3.89. The minimum Gasteiger partial charge on any atom is -0.370 e. The highest BCUT2D eigenvalue weighted by molar-refractivity contribution is 6.01. The molecule has 1 amide bonds. The summed E-state index contributed by atoms with van der Waals surface area (Å²) in [6, 6.07) is 23.0. The van der Waals surface area contributed by atoms with Gasteiger partial charge in [0, 0.05) is 17.7 Å². The molecule has 0 N–H and O–H groups in total. The number of ether oxygens (including phenoxy) is 1. The zero-order chi connectivity index (χ0) is 20.2. The normalized spacial score (nSPS) is 16.3. The van der Waals surface area contributed by atoms with E-state index >= 15 is 0 Å². The van der Waals surface area contributed by atoms with Gasteiger partial charge in [0.2, 0.25) is 0 Å². The van der Waals surface area contributed by atoms with Gasteiger partial charge in [-0.1, -0.05) is 48.5 Å². The first-order valence-electron chi connectivity index (χ1n) is 9.42. The van der Waals surface area contributed by atoms with Crippen molar-refractivity contribution in [2.45, 2.75) is 6.10 Å². The molecule has 29 heavy (non-hydrogen) atoms. The number of nitriles is 1. The average molecular weight is 386 g/mol. The number of carbonyl (C=O) groups is 1. The molecule has 0 bridgehead atoms. The summed E-state index contributed by atoms with van der Waals surface area (Å²) in [6.45, 7) is 1.27. The van der Waals surface area contributed by atoms with Gasteiger partial charge < -0.3 is 9.64 Å². The average Bonchev–Trinajstić information content (AvgIpc) is 2.79. The maximum Gasteiger partial charge on any atom is 0.254 e. The molecule has 0 saturated carbocycles. The fourth-order valence-corrected chi connectivity index (χ4v) is 3.60. The number of rotatable bonds is 3. The van der Waals surface area contributed by atoms with Crippen LogP contribution < -0.4 is 0 Å². The highest BCUT2D eigenvalue weighted by Gasteiger charge is 2.27. The van der Waals surface area contributed by atoms with Crippen molar-refractivity contribution >= 4 is 5.91 Å². The molecule has 1 aliphatic heterocycles. The molecule has 1 fully saturated rings. The van der Waals surface area contributed by atoms with Crippen molar-refractivity contribution in [2.24, 2.45) is 0 Å². The van der Waals surface area contributed by atoms with Gasteiger partial charge in [0.1, 0.15) is 11.9 Å². The number of hydrogen-bond acceptors (Lipinski definition) is 3. The second kappa shape index (κ2) is 8.26. The molecule has 0 aliphatic carbocycles. The number of amides is 1. The number of halogens is 1. The number of benzene rings is 3. The molecule has 0 spiro atoms. The SMILES string of the molecule is N#Cc1ccccc1-c1ccccc1C(=O)N1CCOC(c2ccc(F)cc2)C1. The van der Waals surface area contributed by atoms with Gasteiger partial charge in [0.05, 0.1) is 24.8 Å². The third-order valence-corrected chi connectivity index (χ3v) is 5.09. The summed E-state index contributed by atoms with van der Waals surface area (Å²) in [7, 11) is 0. The van der Waals surface area contributed by atoms with E-state index in [9.17, 15) is 14.4 Å². The first-order valence-corrected chi connectivity index (χ1v) is 9.42. The molecule has 3 aromatic carbocycles. The fourth-order valence-electron chi connectivity index (χ4n) is 3.60. The molecule has 0 radical (unpaired) electrons. The second-order valence-electron chi connectivity index (χ2n) is 6.87. The van der Waals surface area contributed by atoms with E-state index < -0.39 is 0 Å². The van der Waals surface area contributed by atoms with Crippen LogP contribution in [0.25, 0.3) is 11.1 Å². The van der Waals surface area contributed by atoms with E-state index in [1.165, 1.54) is 12.1 Å². The van der Waals surface area contributed by atoms with Crippen molar-refractivity contribution < 1.29 is 13.9 Å². The molecule has 144 valence electrons. The Balaban J connectivity index is 1.63. The molecular weight excluding hydrogens is 367 g/mol. The molecule has 1 atom stereocenters. The lowest BCUT2D eigenvalue weighted by Crippen LogP contribution is -2.42. The lowest BCUT2D eigenvalue weighted by molar-refractivity contribution is -0.0228. The van der Waals surface area contributed by atoms with Gasteiger partial charge in [-0.3, -0.25) is 4.79 Å². The largest absolute Gasteiger partial charge is 0.370 e. The van der Waals surface area contributed by atoms with Crippen LogP contribution in [0.3, 0.4) is 0 Å². The Morgan fingerprint density at radius 3 is 2.45 bits per heavy atom. The zero-order valence-corrected chi connectivity index (χ0v) is 15.7. The van der Waals surface area contributed by atoms with Gasteiger partial charge in [-0.25, -0.2) is 4.39 Å². The number of carbonyl (C=O) groups excluding carboxylic acids is 1. The summed E-state index contributed by atoms with van der Waals surface area (Å²) in [5.41, 5.74) is 3.39. The highest BCUT2D eigenvalue weighted by Crippen LogP contribution is 2.29. The summed E-state index contributed by atoms with van der Waals surface area (Å²) in [4.78, 5) is 15.1. The third-order valence-electron chi connectivity index (χ3n) is 5.09. The quantitative estimate of drug-likeness (QED) is 0.662. The Bertz CT molecular complexity index is 1070. The molecule has 1 saturated heterocycles. The van der Waals surface area contributed by atoms with Crippen molar-refractivity contribution in [1.29, 1.82) is 5.26 Å². The number of nitrogens with zero attached hydrogens (tertiary/aromatic N) is 2. The lowest BCUT2D eigenvalue weighted by atomic mass is 9.95. The van der Waals surface area contributed by atoms with Crippen LogP contribution in [0.1, 0.15) is 27.6 Å². The monoisotopic (exact) mass is 386 g/mol. The highest BCUT2D eigenvalue weighted by atomic mass is 19.1. The van der Waals surface area contributed by atoms with Gasteiger partial charge >= 0.3 is 0 Å². The van der Waals surface area contributed by atoms with E-state index in [0.717, 1.165) is 16.7 Å². The summed E-state index contributed by atoms with van der Waals surface area (Å²) < 4.78 is 19.0. The first kappa shape index (κ1) is 18.9. The predicted molar refractivity (Wildman–Crippen MR) is 108 cm³/mol. The van der Waals surface area contributed by atoms with Crippen LogP contribution in [-0.4, -0.2) is 30.5 Å². The fraction of sp³-hybridized carbons (Fsp3) is 0.167. The molecule has 1 aliphatic rings. The predicted octanol–water partition coefficient (Wildman–Crippen LogP) is 4.58. The van der Waals surface area contributed by atoms with E-state index in [1.54, 1.807) is 29.2 Å². The van der Waals surface area contributed by atoms with Crippen LogP contribution in [-0.2, 0) is 4.74 Å². The molecule has 4 rings (SSSR count). The van der Waals surface area contributed by atoms with Gasteiger partial charge in [0.15, 0.2) is 0 Å². The molecule has 4 nitrogen and oxygen atoms in total. The van der Waals surface area contributed by atoms with Crippen LogP contribution >= 0.6 is 0 Å². The van der Waals surface area contributed by atoms with Crippen molar-refractivity contribution in [1.82, 2.24) is 4.90 Å². The van der Waals surface area contributed by atoms with Crippen LogP contribution in [0.5, 0.6) is 0 Å². The standard InChI is InChI=1S/C24H19FN2O2/c25-19-11-9-17(10-12-19)23-16-27(13-14-29-23)24(28)22-8-4-3-7-21(22)20-6-2-1-5-18(20)15-26/h1-12,23H,13-14,16H2. The number of hydrogen-bond donors (Lipinski definition) is 0. The van der Waals surface area contributed by atoms with E-state index in [2.05, 4.69) is 6.07 Å².